The first-order chi connectivity index (χ1) is 13.1. The van der Waals surface area contributed by atoms with Crippen molar-refractivity contribution in [2.75, 3.05) is 17.7 Å². The Balaban J connectivity index is 2.00. The van der Waals surface area contributed by atoms with E-state index in [9.17, 15) is 9.59 Å². The Morgan fingerprint density at radius 3 is 2.33 bits per heavy atom. The van der Waals surface area contributed by atoms with E-state index >= 15 is 0 Å². The van der Waals surface area contributed by atoms with Crippen LogP contribution in [0.4, 0.5) is 17.3 Å². The van der Waals surface area contributed by atoms with Gasteiger partial charge in [-0.25, -0.2) is 4.79 Å². The zero-order valence-electron chi connectivity index (χ0n) is 14.9. The summed E-state index contributed by atoms with van der Waals surface area (Å²) in [6.45, 7) is 1.88. The van der Waals surface area contributed by atoms with E-state index in [1.807, 2.05) is 60.7 Å². The van der Waals surface area contributed by atoms with Crippen LogP contribution in [0.1, 0.15) is 27.6 Å². The summed E-state index contributed by atoms with van der Waals surface area (Å²) in [7, 11) is 0. The highest BCUT2D eigenvalue weighted by Crippen LogP contribution is 2.27. The van der Waals surface area contributed by atoms with Gasteiger partial charge in [0.1, 0.15) is 5.56 Å². The van der Waals surface area contributed by atoms with Gasteiger partial charge in [0.15, 0.2) is 11.6 Å². The molecule has 0 fully saturated rings. The lowest BCUT2D eigenvalue weighted by atomic mass is 10.1. The number of hydrogen-bond acceptors (Lipinski definition) is 6. The van der Waals surface area contributed by atoms with Crippen molar-refractivity contribution in [3.05, 3.63) is 71.8 Å². The third-order valence-corrected chi connectivity index (χ3v) is 3.86. The highest BCUT2D eigenvalue weighted by atomic mass is 16.5. The number of rotatable bonds is 6. The fourth-order valence-electron chi connectivity index (χ4n) is 2.64. The average Bonchev–Trinajstić information content (AvgIpc) is 3.00. The lowest BCUT2D eigenvalue weighted by Gasteiger charge is -2.11. The van der Waals surface area contributed by atoms with E-state index in [1.165, 1.54) is 0 Å². The number of nitrogen functional groups attached to an aromatic ring is 1. The number of para-hydroxylation sites is 1. The number of hydrogen-bond donors (Lipinski definition) is 2. The first-order valence-corrected chi connectivity index (χ1v) is 8.55. The highest BCUT2D eigenvalue weighted by molar-refractivity contribution is 6.02. The molecule has 3 aromatic rings. The second-order valence-electron chi connectivity index (χ2n) is 5.79. The molecule has 7 heteroatoms. The van der Waals surface area contributed by atoms with Crippen LogP contribution in [0.2, 0.25) is 0 Å². The summed E-state index contributed by atoms with van der Waals surface area (Å²) in [5.41, 5.74) is 7.50. The quantitative estimate of drug-likeness (QED) is 0.651. The number of nitrogens with zero attached hydrogens (tertiary/aromatic N) is 2. The number of nitrogens with two attached hydrogens (primary N) is 1. The Morgan fingerprint density at radius 2 is 1.70 bits per heavy atom. The molecule has 0 spiro atoms. The maximum Gasteiger partial charge on any atom is 0.345 e. The maximum absolute atomic E-state index is 12.8. The number of nitrogens with one attached hydrogen (secondary N) is 1. The van der Waals surface area contributed by atoms with E-state index in [-0.39, 0.29) is 36.1 Å². The van der Waals surface area contributed by atoms with E-state index < -0.39 is 5.97 Å². The molecule has 3 N–H and O–H groups in total. The van der Waals surface area contributed by atoms with Crippen molar-refractivity contribution in [1.82, 2.24) is 9.78 Å². The smallest absolute Gasteiger partial charge is 0.345 e. The molecule has 27 heavy (non-hydrogen) atoms. The SMILES string of the molecule is CCOC(=O)c1c(N)nn(C(=O)Cc2ccccc2)c1Nc1ccccc1. The molecular weight excluding hydrogens is 344 g/mol. The minimum atomic E-state index is -0.632. The van der Waals surface area contributed by atoms with Crippen LogP contribution >= 0.6 is 0 Å². The second kappa shape index (κ2) is 8.18. The molecule has 0 aliphatic heterocycles. The Morgan fingerprint density at radius 1 is 1.07 bits per heavy atom. The summed E-state index contributed by atoms with van der Waals surface area (Å²) in [5, 5.41) is 7.15. The van der Waals surface area contributed by atoms with E-state index in [2.05, 4.69) is 10.4 Å². The van der Waals surface area contributed by atoms with Gasteiger partial charge in [0, 0.05) is 5.69 Å². The molecule has 3 rings (SSSR count). The van der Waals surface area contributed by atoms with Crippen LogP contribution in [0.15, 0.2) is 60.7 Å². The van der Waals surface area contributed by atoms with Gasteiger partial charge >= 0.3 is 5.97 Å². The van der Waals surface area contributed by atoms with Gasteiger partial charge in [0.2, 0.25) is 0 Å². The number of aromatic nitrogens is 2. The van der Waals surface area contributed by atoms with Gasteiger partial charge in [-0.1, -0.05) is 48.5 Å². The summed E-state index contributed by atoms with van der Waals surface area (Å²) in [6.07, 6.45) is 0.119. The van der Waals surface area contributed by atoms with Gasteiger partial charge < -0.3 is 15.8 Å². The van der Waals surface area contributed by atoms with E-state index in [0.717, 1.165) is 10.2 Å². The molecule has 0 aliphatic rings. The minimum absolute atomic E-state index is 0.0436. The normalized spacial score (nSPS) is 10.4. The van der Waals surface area contributed by atoms with Crippen LogP contribution in [0.5, 0.6) is 0 Å². The van der Waals surface area contributed by atoms with Gasteiger partial charge in [-0.2, -0.15) is 4.68 Å². The van der Waals surface area contributed by atoms with Crippen molar-refractivity contribution in [3.63, 3.8) is 0 Å². The molecule has 7 nitrogen and oxygen atoms in total. The minimum Gasteiger partial charge on any atom is -0.462 e. The molecule has 0 saturated heterocycles. The third kappa shape index (κ3) is 4.14. The Hall–Kier alpha value is -3.61. The predicted molar refractivity (Wildman–Crippen MR) is 103 cm³/mol. The zero-order chi connectivity index (χ0) is 19.2. The van der Waals surface area contributed by atoms with Gasteiger partial charge in [-0.3, -0.25) is 4.79 Å². The number of carbonyl (C=O) groups is 2. The van der Waals surface area contributed by atoms with Crippen molar-refractivity contribution in [2.45, 2.75) is 13.3 Å². The van der Waals surface area contributed by atoms with Crippen LogP contribution in [-0.4, -0.2) is 28.3 Å². The van der Waals surface area contributed by atoms with Crippen molar-refractivity contribution in [2.24, 2.45) is 0 Å². The summed E-state index contributed by atoms with van der Waals surface area (Å²) in [5.74, 6) is -0.819. The lowest BCUT2D eigenvalue weighted by molar-refractivity contribution is 0.0529. The lowest BCUT2D eigenvalue weighted by Crippen LogP contribution is -2.18. The largest absolute Gasteiger partial charge is 0.462 e. The van der Waals surface area contributed by atoms with E-state index in [1.54, 1.807) is 6.92 Å². The Bertz CT molecular complexity index is 937. The first kappa shape index (κ1) is 18.2. The monoisotopic (exact) mass is 364 g/mol. The summed E-state index contributed by atoms with van der Waals surface area (Å²) >= 11 is 0. The molecule has 0 atom stereocenters. The second-order valence-corrected chi connectivity index (χ2v) is 5.79. The fourth-order valence-corrected chi connectivity index (χ4v) is 2.64. The molecule has 138 valence electrons. The topological polar surface area (TPSA) is 99.2 Å². The molecule has 0 radical (unpaired) electrons. The van der Waals surface area contributed by atoms with Crippen LogP contribution in [0, 0.1) is 0 Å². The Kier molecular flexibility index (Phi) is 5.51. The van der Waals surface area contributed by atoms with Gasteiger partial charge in [0.25, 0.3) is 5.91 Å². The number of carbonyl (C=O) groups excluding carboxylic acids is 2. The van der Waals surface area contributed by atoms with Crippen LogP contribution in [-0.2, 0) is 11.2 Å². The van der Waals surface area contributed by atoms with Crippen LogP contribution < -0.4 is 11.1 Å². The molecule has 2 aromatic carbocycles. The van der Waals surface area contributed by atoms with Crippen molar-refractivity contribution in [3.8, 4) is 0 Å². The molecular formula is C20H20N4O3. The van der Waals surface area contributed by atoms with Crippen molar-refractivity contribution >= 4 is 29.2 Å². The van der Waals surface area contributed by atoms with Crippen LogP contribution in [0.3, 0.4) is 0 Å². The Labute approximate surface area is 156 Å². The van der Waals surface area contributed by atoms with E-state index in [0.29, 0.717) is 5.69 Å². The van der Waals surface area contributed by atoms with Gasteiger partial charge in [-0.05, 0) is 24.6 Å². The zero-order valence-corrected chi connectivity index (χ0v) is 14.9. The molecule has 1 heterocycles. The third-order valence-electron chi connectivity index (χ3n) is 3.86. The maximum atomic E-state index is 12.8. The fraction of sp³-hybridized carbons (Fsp3) is 0.150. The average molecular weight is 364 g/mol. The van der Waals surface area contributed by atoms with E-state index in [4.69, 9.17) is 10.5 Å². The predicted octanol–water partition coefficient (Wildman–Crippen LogP) is 3.27. The summed E-state index contributed by atoms with van der Waals surface area (Å²) in [6, 6.07) is 18.4. The molecule has 0 saturated carbocycles. The summed E-state index contributed by atoms with van der Waals surface area (Å²) in [4.78, 5) is 25.2. The molecule has 1 aromatic heterocycles. The molecule has 0 unspecified atom stereocenters. The van der Waals surface area contributed by atoms with Gasteiger partial charge in [0.05, 0.1) is 13.0 Å². The van der Waals surface area contributed by atoms with Gasteiger partial charge in [-0.15, -0.1) is 5.10 Å². The number of anilines is 3. The van der Waals surface area contributed by atoms with Crippen molar-refractivity contribution in [1.29, 1.82) is 0 Å². The number of benzene rings is 2. The molecule has 0 amide bonds. The van der Waals surface area contributed by atoms with Crippen LogP contribution in [0.25, 0.3) is 0 Å². The summed E-state index contributed by atoms with van der Waals surface area (Å²) < 4.78 is 6.20. The molecule has 0 bridgehead atoms. The standard InChI is InChI=1S/C20H20N4O3/c1-2-27-20(26)17-18(21)23-24(16(25)13-14-9-5-3-6-10-14)19(17)22-15-11-7-4-8-12-15/h3-12,22H,2,13H2,1H3,(H2,21,23). The number of esters is 1. The highest BCUT2D eigenvalue weighted by Gasteiger charge is 2.26. The number of ether oxygens (including phenoxy) is 1. The first-order valence-electron chi connectivity index (χ1n) is 8.55. The van der Waals surface area contributed by atoms with Crippen molar-refractivity contribution < 1.29 is 14.3 Å². The molecule has 0 aliphatic carbocycles.